The minimum Gasteiger partial charge on any atom is -0.497 e. The van der Waals surface area contributed by atoms with Gasteiger partial charge in [0.25, 0.3) is 5.91 Å². The highest BCUT2D eigenvalue weighted by Crippen LogP contribution is 2.33. The van der Waals surface area contributed by atoms with E-state index >= 15 is 0 Å². The van der Waals surface area contributed by atoms with Crippen LogP contribution in [0.3, 0.4) is 0 Å². The van der Waals surface area contributed by atoms with Crippen molar-refractivity contribution in [2.24, 2.45) is 0 Å². The highest BCUT2D eigenvalue weighted by Gasteiger charge is 2.25. The van der Waals surface area contributed by atoms with E-state index in [1.807, 2.05) is 6.92 Å². The Labute approximate surface area is 196 Å². The van der Waals surface area contributed by atoms with Crippen molar-refractivity contribution in [2.75, 3.05) is 19.5 Å². The van der Waals surface area contributed by atoms with E-state index < -0.39 is 6.10 Å². The molecule has 0 saturated heterocycles. The Hall–Kier alpha value is -4.26. The third-order valence-electron chi connectivity index (χ3n) is 5.39. The number of rotatable bonds is 8. The molecular weight excluding hydrogens is 434 g/mol. The summed E-state index contributed by atoms with van der Waals surface area (Å²) in [6.07, 6.45) is -0.570. The fourth-order valence-electron chi connectivity index (χ4n) is 3.53. The Morgan fingerprint density at radius 2 is 1.53 bits per heavy atom. The van der Waals surface area contributed by atoms with Gasteiger partial charge >= 0.3 is 0 Å². The average Bonchev–Trinajstić information content (AvgIpc) is 2.88. The molecule has 7 nitrogen and oxygen atoms in total. The van der Waals surface area contributed by atoms with Crippen LogP contribution in [0.1, 0.15) is 13.3 Å². The van der Waals surface area contributed by atoms with Crippen LogP contribution in [-0.4, -0.2) is 26.2 Å². The first-order valence-corrected chi connectivity index (χ1v) is 10.9. The number of amides is 1. The summed E-state index contributed by atoms with van der Waals surface area (Å²) in [6, 6.07) is 21.0. The zero-order valence-corrected chi connectivity index (χ0v) is 19.2. The standard InChI is InChI=1S/C27H25NO6/c1-4-22(27(30)28-18-11-15-20(32-3)16-12-18)33-26-24(29)21-7-5-6-8-23(21)34-25(26)17-9-13-19(31-2)14-10-17/h5-16,22H,4H2,1-3H3,(H,28,30). The van der Waals surface area contributed by atoms with Crippen molar-refractivity contribution in [1.82, 2.24) is 0 Å². The van der Waals surface area contributed by atoms with Crippen molar-refractivity contribution in [1.29, 1.82) is 0 Å². The number of hydrogen-bond donors (Lipinski definition) is 1. The fourth-order valence-corrected chi connectivity index (χ4v) is 3.53. The van der Waals surface area contributed by atoms with E-state index in [0.717, 1.165) is 0 Å². The van der Waals surface area contributed by atoms with Crippen molar-refractivity contribution in [3.63, 3.8) is 0 Å². The SMILES string of the molecule is CCC(Oc1c(-c2ccc(OC)cc2)oc2ccccc2c1=O)C(=O)Nc1ccc(OC)cc1. The maximum absolute atomic E-state index is 13.4. The lowest BCUT2D eigenvalue weighted by molar-refractivity contribution is -0.122. The molecule has 4 aromatic rings. The smallest absolute Gasteiger partial charge is 0.265 e. The molecule has 0 aliphatic carbocycles. The van der Waals surface area contributed by atoms with Crippen LogP contribution in [0, 0.1) is 0 Å². The quantitative estimate of drug-likeness (QED) is 0.386. The van der Waals surface area contributed by atoms with Crippen LogP contribution in [0.25, 0.3) is 22.3 Å². The summed E-state index contributed by atoms with van der Waals surface area (Å²) in [6.45, 7) is 1.81. The number of para-hydroxylation sites is 1. The lowest BCUT2D eigenvalue weighted by Crippen LogP contribution is -2.34. The molecule has 0 radical (unpaired) electrons. The molecule has 0 aliphatic rings. The minimum absolute atomic E-state index is 0.0133. The first-order valence-electron chi connectivity index (χ1n) is 10.9. The van der Waals surface area contributed by atoms with Crippen LogP contribution >= 0.6 is 0 Å². The van der Waals surface area contributed by atoms with Gasteiger partial charge in [0.05, 0.1) is 19.6 Å². The van der Waals surface area contributed by atoms with Crippen LogP contribution in [0.5, 0.6) is 17.2 Å². The van der Waals surface area contributed by atoms with E-state index in [2.05, 4.69) is 5.32 Å². The van der Waals surface area contributed by atoms with Gasteiger partial charge in [-0.1, -0.05) is 19.1 Å². The molecule has 1 N–H and O–H groups in total. The maximum Gasteiger partial charge on any atom is 0.265 e. The van der Waals surface area contributed by atoms with Gasteiger partial charge in [-0.15, -0.1) is 0 Å². The number of hydrogen-bond acceptors (Lipinski definition) is 6. The predicted molar refractivity (Wildman–Crippen MR) is 131 cm³/mol. The molecule has 1 heterocycles. The Morgan fingerprint density at radius 3 is 2.15 bits per heavy atom. The van der Waals surface area contributed by atoms with E-state index in [-0.39, 0.29) is 22.8 Å². The van der Waals surface area contributed by atoms with Gasteiger partial charge in [-0.3, -0.25) is 9.59 Å². The third-order valence-corrected chi connectivity index (χ3v) is 5.39. The van der Waals surface area contributed by atoms with Crippen molar-refractivity contribution in [2.45, 2.75) is 19.4 Å². The molecule has 1 unspecified atom stereocenters. The summed E-state index contributed by atoms with van der Waals surface area (Å²) in [5, 5.41) is 3.20. The molecule has 0 bridgehead atoms. The van der Waals surface area contributed by atoms with Crippen molar-refractivity contribution < 1.29 is 23.4 Å². The second kappa shape index (κ2) is 10.1. The van der Waals surface area contributed by atoms with Gasteiger partial charge in [0.15, 0.2) is 11.9 Å². The molecule has 4 rings (SSSR count). The molecule has 1 amide bonds. The van der Waals surface area contributed by atoms with E-state index in [1.54, 1.807) is 87.0 Å². The summed E-state index contributed by atoms with van der Waals surface area (Å²) >= 11 is 0. The number of ether oxygens (including phenoxy) is 3. The fraction of sp³-hybridized carbons (Fsp3) is 0.185. The third kappa shape index (κ3) is 4.73. The summed E-state index contributed by atoms with van der Waals surface area (Å²) in [5.41, 5.74) is 1.31. The Bertz CT molecular complexity index is 1340. The summed E-state index contributed by atoms with van der Waals surface area (Å²) in [7, 11) is 3.15. The minimum atomic E-state index is -0.914. The van der Waals surface area contributed by atoms with Crippen molar-refractivity contribution in [3.8, 4) is 28.6 Å². The van der Waals surface area contributed by atoms with Gasteiger partial charge < -0.3 is 23.9 Å². The molecule has 7 heteroatoms. The monoisotopic (exact) mass is 459 g/mol. The molecule has 0 saturated carbocycles. The Kier molecular flexibility index (Phi) is 6.82. The van der Waals surface area contributed by atoms with Gasteiger partial charge in [0, 0.05) is 11.3 Å². The Balaban J connectivity index is 1.71. The molecule has 1 aromatic heterocycles. The molecule has 0 fully saturated rings. The lowest BCUT2D eigenvalue weighted by Gasteiger charge is -2.19. The molecule has 1 atom stereocenters. The van der Waals surface area contributed by atoms with Gasteiger partial charge in [0.2, 0.25) is 11.2 Å². The first kappa shape index (κ1) is 22.9. The Morgan fingerprint density at radius 1 is 0.912 bits per heavy atom. The normalized spacial score (nSPS) is 11.6. The highest BCUT2D eigenvalue weighted by molar-refractivity contribution is 5.94. The first-order chi connectivity index (χ1) is 16.5. The van der Waals surface area contributed by atoms with Gasteiger partial charge in [-0.25, -0.2) is 0 Å². The summed E-state index contributed by atoms with van der Waals surface area (Å²) in [5.74, 6) is 1.21. The largest absolute Gasteiger partial charge is 0.497 e. The summed E-state index contributed by atoms with van der Waals surface area (Å²) in [4.78, 5) is 26.4. The van der Waals surface area contributed by atoms with Gasteiger partial charge in [-0.2, -0.15) is 0 Å². The second-order valence-corrected chi connectivity index (χ2v) is 7.55. The number of anilines is 1. The lowest BCUT2D eigenvalue weighted by atomic mass is 10.1. The summed E-state index contributed by atoms with van der Waals surface area (Å²) < 4.78 is 22.5. The van der Waals surface area contributed by atoms with Crippen molar-refractivity contribution >= 4 is 22.6 Å². The maximum atomic E-state index is 13.4. The molecule has 174 valence electrons. The van der Waals surface area contributed by atoms with E-state index in [0.29, 0.717) is 40.1 Å². The van der Waals surface area contributed by atoms with E-state index in [9.17, 15) is 9.59 Å². The van der Waals surface area contributed by atoms with Crippen molar-refractivity contribution in [3.05, 3.63) is 83.0 Å². The van der Waals surface area contributed by atoms with Crippen LogP contribution in [0.4, 0.5) is 5.69 Å². The van der Waals surface area contributed by atoms with Gasteiger partial charge in [-0.05, 0) is 67.1 Å². The van der Waals surface area contributed by atoms with Crippen LogP contribution in [0.2, 0.25) is 0 Å². The van der Waals surface area contributed by atoms with Crippen LogP contribution < -0.4 is 25.0 Å². The number of fused-ring (bicyclic) bond motifs is 1. The second-order valence-electron chi connectivity index (χ2n) is 7.55. The molecule has 0 aliphatic heterocycles. The number of carbonyl (C=O) groups is 1. The zero-order valence-electron chi connectivity index (χ0n) is 19.2. The number of benzene rings is 3. The van der Waals surface area contributed by atoms with Crippen LogP contribution in [-0.2, 0) is 4.79 Å². The molecular formula is C27H25NO6. The highest BCUT2D eigenvalue weighted by atomic mass is 16.5. The topological polar surface area (TPSA) is 87.0 Å². The van der Waals surface area contributed by atoms with Crippen LogP contribution in [0.15, 0.2) is 82.0 Å². The number of methoxy groups -OCH3 is 2. The molecule has 3 aromatic carbocycles. The molecule has 0 spiro atoms. The predicted octanol–water partition coefficient (Wildman–Crippen LogP) is 5.27. The average molecular weight is 459 g/mol. The molecule has 34 heavy (non-hydrogen) atoms. The van der Waals surface area contributed by atoms with E-state index in [1.165, 1.54) is 0 Å². The zero-order chi connectivity index (χ0) is 24.1. The number of carbonyl (C=O) groups excluding carboxylic acids is 1. The van der Waals surface area contributed by atoms with E-state index in [4.69, 9.17) is 18.6 Å². The number of nitrogens with one attached hydrogen (secondary N) is 1. The van der Waals surface area contributed by atoms with Gasteiger partial charge in [0.1, 0.15) is 17.1 Å².